The normalized spacial score (nSPS) is 13.7. The molecule has 0 saturated carbocycles. The van der Waals surface area contributed by atoms with Crippen LogP contribution in [-0.4, -0.2) is 5.97 Å². The third-order valence-electron chi connectivity index (χ3n) is 4.72. The molecule has 0 bridgehead atoms. The predicted molar refractivity (Wildman–Crippen MR) is 97.9 cm³/mol. The molecule has 4 nitrogen and oxygen atoms in total. The molecule has 0 radical (unpaired) electrons. The maximum Gasteiger partial charge on any atom is 0.353 e. The summed E-state index contributed by atoms with van der Waals surface area (Å²) in [6.07, 6.45) is 4.45. The molecule has 0 fully saturated rings. The highest BCUT2D eigenvalue weighted by Gasteiger charge is 2.20. The van der Waals surface area contributed by atoms with Crippen molar-refractivity contribution in [2.45, 2.75) is 39.5 Å². The molecule has 0 atom stereocenters. The van der Waals surface area contributed by atoms with Crippen LogP contribution in [0.15, 0.2) is 33.5 Å². The Balaban J connectivity index is 1.68. The highest BCUT2D eigenvalue weighted by molar-refractivity contribution is 7.14. The van der Waals surface area contributed by atoms with Gasteiger partial charge in [0.2, 0.25) is 0 Å². The minimum absolute atomic E-state index is 0.350. The van der Waals surface area contributed by atoms with Crippen LogP contribution >= 0.6 is 11.3 Å². The standard InChI is InChI=1S/C20H18O4S/c1-11-9-18(21)24-19-12(2)15(8-7-14(11)19)23-20(22)17-10-13-5-3-4-6-16(13)25-17/h7-10H,3-6H2,1-2H3. The van der Waals surface area contributed by atoms with Crippen molar-refractivity contribution in [1.82, 2.24) is 0 Å². The van der Waals surface area contributed by atoms with E-state index < -0.39 is 5.63 Å². The second-order valence-electron chi connectivity index (χ2n) is 6.47. The zero-order chi connectivity index (χ0) is 17.6. The van der Waals surface area contributed by atoms with Gasteiger partial charge in [0.05, 0.1) is 0 Å². The van der Waals surface area contributed by atoms with Gasteiger partial charge in [-0.05, 0) is 68.9 Å². The zero-order valence-corrected chi connectivity index (χ0v) is 15.0. The van der Waals surface area contributed by atoms with E-state index in [0.29, 0.717) is 21.8 Å². The van der Waals surface area contributed by atoms with Gasteiger partial charge in [-0.15, -0.1) is 11.3 Å². The minimum atomic E-state index is -0.400. The van der Waals surface area contributed by atoms with Crippen molar-refractivity contribution in [2.75, 3.05) is 0 Å². The lowest BCUT2D eigenvalue weighted by Crippen LogP contribution is -2.08. The van der Waals surface area contributed by atoms with Gasteiger partial charge in [0.1, 0.15) is 16.2 Å². The van der Waals surface area contributed by atoms with Gasteiger partial charge in [0.15, 0.2) is 0 Å². The summed E-state index contributed by atoms with van der Waals surface area (Å²) in [5, 5.41) is 0.850. The van der Waals surface area contributed by atoms with Gasteiger partial charge in [-0.3, -0.25) is 0 Å². The third kappa shape index (κ3) is 2.89. The van der Waals surface area contributed by atoms with E-state index in [1.165, 1.54) is 40.7 Å². The van der Waals surface area contributed by atoms with Gasteiger partial charge in [-0.25, -0.2) is 9.59 Å². The Bertz CT molecular complexity index is 1020. The van der Waals surface area contributed by atoms with Crippen molar-refractivity contribution in [3.05, 3.63) is 61.1 Å². The smallest absolute Gasteiger partial charge is 0.353 e. The molecule has 3 aromatic rings. The number of esters is 1. The maximum absolute atomic E-state index is 12.5. The number of aryl methyl sites for hydroxylation is 4. The first-order valence-electron chi connectivity index (χ1n) is 8.41. The van der Waals surface area contributed by atoms with Crippen LogP contribution in [0, 0.1) is 13.8 Å². The zero-order valence-electron chi connectivity index (χ0n) is 14.2. The third-order valence-corrected chi connectivity index (χ3v) is 5.94. The Labute approximate surface area is 149 Å². The second-order valence-corrected chi connectivity index (χ2v) is 7.61. The number of fused-ring (bicyclic) bond motifs is 2. The summed E-state index contributed by atoms with van der Waals surface area (Å²) in [4.78, 5) is 26.1. The van der Waals surface area contributed by atoms with Crippen LogP contribution in [0.5, 0.6) is 5.75 Å². The van der Waals surface area contributed by atoms with Crippen molar-refractivity contribution in [1.29, 1.82) is 0 Å². The first kappa shape index (κ1) is 16.1. The van der Waals surface area contributed by atoms with Crippen LogP contribution in [0.2, 0.25) is 0 Å². The fourth-order valence-corrected chi connectivity index (χ4v) is 4.48. The number of ether oxygens (including phenoxy) is 1. The first-order valence-corrected chi connectivity index (χ1v) is 9.22. The lowest BCUT2D eigenvalue weighted by molar-refractivity contribution is 0.0738. The molecule has 0 amide bonds. The summed E-state index contributed by atoms with van der Waals surface area (Å²) >= 11 is 1.53. The Kier molecular flexibility index (Phi) is 3.96. The molecule has 1 aromatic carbocycles. The maximum atomic E-state index is 12.5. The van der Waals surface area contributed by atoms with Gasteiger partial charge in [-0.1, -0.05) is 0 Å². The minimum Gasteiger partial charge on any atom is -0.422 e. The van der Waals surface area contributed by atoms with Crippen LogP contribution in [-0.2, 0) is 12.8 Å². The van der Waals surface area contributed by atoms with Gasteiger partial charge >= 0.3 is 11.6 Å². The summed E-state index contributed by atoms with van der Waals surface area (Å²) in [6, 6.07) is 7.00. The van der Waals surface area contributed by atoms with E-state index in [9.17, 15) is 9.59 Å². The summed E-state index contributed by atoms with van der Waals surface area (Å²) in [6.45, 7) is 3.66. The lowest BCUT2D eigenvalue weighted by Gasteiger charge is -2.09. The molecule has 1 aliphatic rings. The number of thiophene rings is 1. The molecular weight excluding hydrogens is 336 g/mol. The molecule has 0 aliphatic heterocycles. The second kappa shape index (κ2) is 6.15. The molecule has 4 rings (SSSR count). The first-order chi connectivity index (χ1) is 12.0. The molecule has 0 N–H and O–H groups in total. The molecule has 128 valence electrons. The molecule has 2 aromatic heterocycles. The topological polar surface area (TPSA) is 56.5 Å². The van der Waals surface area contributed by atoms with E-state index in [4.69, 9.17) is 9.15 Å². The number of hydrogen-bond acceptors (Lipinski definition) is 5. The highest BCUT2D eigenvalue weighted by Crippen LogP contribution is 2.32. The van der Waals surface area contributed by atoms with Crippen LogP contribution in [0.1, 0.15) is 44.1 Å². The SMILES string of the molecule is Cc1cc(=O)oc2c(C)c(OC(=O)c3cc4c(s3)CCCC4)ccc12. The van der Waals surface area contributed by atoms with Crippen LogP contribution < -0.4 is 10.4 Å². The van der Waals surface area contributed by atoms with Gasteiger partial charge in [0.25, 0.3) is 0 Å². The number of benzene rings is 1. The molecule has 25 heavy (non-hydrogen) atoms. The number of carbonyl (C=O) groups excluding carboxylic acids is 1. The quantitative estimate of drug-likeness (QED) is 0.384. The van der Waals surface area contributed by atoms with Crippen LogP contribution in [0.4, 0.5) is 0 Å². The Morgan fingerprint density at radius 1 is 1.16 bits per heavy atom. The number of hydrogen-bond donors (Lipinski definition) is 0. The number of rotatable bonds is 2. The van der Waals surface area contributed by atoms with Crippen LogP contribution in [0.25, 0.3) is 11.0 Å². The van der Waals surface area contributed by atoms with E-state index in [-0.39, 0.29) is 5.97 Å². The molecule has 0 saturated heterocycles. The van der Waals surface area contributed by atoms with E-state index in [0.717, 1.165) is 23.8 Å². The van der Waals surface area contributed by atoms with Crippen molar-refractivity contribution in [2.24, 2.45) is 0 Å². The van der Waals surface area contributed by atoms with E-state index in [1.807, 2.05) is 19.1 Å². The average Bonchev–Trinajstić information content (AvgIpc) is 3.02. The predicted octanol–water partition coefficient (Wildman–Crippen LogP) is 4.57. The summed E-state index contributed by atoms with van der Waals surface area (Å²) < 4.78 is 10.9. The lowest BCUT2D eigenvalue weighted by atomic mass is 9.99. The van der Waals surface area contributed by atoms with Crippen LogP contribution in [0.3, 0.4) is 0 Å². The Morgan fingerprint density at radius 2 is 1.96 bits per heavy atom. The molecule has 5 heteroatoms. The van der Waals surface area contributed by atoms with Crippen molar-refractivity contribution < 1.29 is 13.9 Å². The fourth-order valence-electron chi connectivity index (χ4n) is 3.35. The number of carbonyl (C=O) groups is 1. The average molecular weight is 354 g/mol. The summed E-state index contributed by atoms with van der Waals surface area (Å²) in [5.74, 6) is 0.0782. The fraction of sp³-hybridized carbons (Fsp3) is 0.300. The van der Waals surface area contributed by atoms with E-state index in [1.54, 1.807) is 13.0 Å². The molecule has 0 unspecified atom stereocenters. The Morgan fingerprint density at radius 3 is 2.76 bits per heavy atom. The van der Waals surface area contributed by atoms with E-state index >= 15 is 0 Å². The van der Waals surface area contributed by atoms with Gasteiger partial charge in [-0.2, -0.15) is 0 Å². The highest BCUT2D eigenvalue weighted by atomic mass is 32.1. The van der Waals surface area contributed by atoms with E-state index in [2.05, 4.69) is 0 Å². The molecule has 0 spiro atoms. The molecule has 2 heterocycles. The molecule has 1 aliphatic carbocycles. The van der Waals surface area contributed by atoms with Gasteiger partial charge in [0, 0.05) is 21.9 Å². The van der Waals surface area contributed by atoms with Gasteiger partial charge < -0.3 is 9.15 Å². The van der Waals surface area contributed by atoms with Crippen molar-refractivity contribution >= 4 is 28.3 Å². The summed E-state index contributed by atoms with van der Waals surface area (Å²) in [5.41, 5.74) is 2.86. The monoisotopic (exact) mass is 354 g/mol. The Hall–Kier alpha value is -2.40. The molecular formula is C20H18O4S. The van der Waals surface area contributed by atoms with Crippen molar-refractivity contribution in [3.8, 4) is 5.75 Å². The summed E-state index contributed by atoms with van der Waals surface area (Å²) in [7, 11) is 0. The largest absolute Gasteiger partial charge is 0.422 e. The van der Waals surface area contributed by atoms with Crippen molar-refractivity contribution in [3.63, 3.8) is 0 Å².